The van der Waals surface area contributed by atoms with Gasteiger partial charge in [0.2, 0.25) is 0 Å². The van der Waals surface area contributed by atoms with Crippen LogP contribution < -0.4 is 4.74 Å². The molecule has 2 aromatic rings. The number of esters is 1. The monoisotopic (exact) mass is 372 g/mol. The molecule has 132 valence electrons. The average molecular weight is 373 g/mol. The fourth-order valence-corrected chi connectivity index (χ4v) is 7.31. The van der Waals surface area contributed by atoms with Gasteiger partial charge in [-0.15, -0.1) is 0 Å². The molecule has 0 amide bonds. The van der Waals surface area contributed by atoms with Gasteiger partial charge < -0.3 is 4.74 Å². The van der Waals surface area contributed by atoms with Crippen LogP contribution in [0.1, 0.15) is 48.0 Å². The van der Waals surface area contributed by atoms with E-state index < -0.39 is 8.80 Å². The van der Waals surface area contributed by atoms with Gasteiger partial charge in [-0.25, -0.2) is 4.79 Å². The number of hydrogen-bond donors (Lipinski definition) is 0. The summed E-state index contributed by atoms with van der Waals surface area (Å²) in [6, 6.07) is 19.3. The van der Waals surface area contributed by atoms with Crippen LogP contribution in [0.4, 0.5) is 0 Å². The largest absolute Gasteiger partial charge is 0.423 e. The molecule has 0 aromatic heterocycles. The molecule has 3 rings (SSSR count). The number of benzene rings is 2. The number of carbonyl (C=O) groups excluding carboxylic acids is 1. The van der Waals surface area contributed by atoms with Crippen LogP contribution in [0.5, 0.6) is 5.75 Å². The molecular formula is C21H25ClO2Si. The van der Waals surface area contributed by atoms with Gasteiger partial charge in [0.1, 0.15) is 5.75 Å². The maximum Gasteiger partial charge on any atom is 0.343 e. The fraction of sp³-hybridized carbons (Fsp3) is 0.381. The molecular weight excluding hydrogens is 348 g/mol. The summed E-state index contributed by atoms with van der Waals surface area (Å²) in [5.74, 6) is 0.854. The van der Waals surface area contributed by atoms with Crippen LogP contribution >= 0.6 is 11.6 Å². The van der Waals surface area contributed by atoms with Gasteiger partial charge >= 0.3 is 5.97 Å². The van der Waals surface area contributed by atoms with Crippen LogP contribution in [0.15, 0.2) is 48.5 Å². The van der Waals surface area contributed by atoms with Crippen molar-refractivity contribution in [2.75, 3.05) is 0 Å². The van der Waals surface area contributed by atoms with Crippen LogP contribution in [-0.2, 0) is 0 Å². The zero-order chi connectivity index (χ0) is 17.6. The van der Waals surface area contributed by atoms with Crippen molar-refractivity contribution in [2.24, 2.45) is 0 Å². The Morgan fingerprint density at radius 2 is 1.72 bits per heavy atom. The summed E-state index contributed by atoms with van der Waals surface area (Å²) in [4.78, 5) is 12.3. The normalized spacial score (nSPS) is 20.2. The van der Waals surface area contributed by atoms with E-state index in [4.69, 9.17) is 16.3 Å². The van der Waals surface area contributed by atoms with Crippen LogP contribution in [0, 0.1) is 0 Å². The molecule has 25 heavy (non-hydrogen) atoms. The lowest BCUT2D eigenvalue weighted by Gasteiger charge is -2.27. The molecule has 4 heteroatoms. The van der Waals surface area contributed by atoms with Crippen molar-refractivity contribution in [3.63, 3.8) is 0 Å². The minimum Gasteiger partial charge on any atom is -0.423 e. The first-order chi connectivity index (χ1) is 12.2. The first-order valence-corrected chi connectivity index (χ1v) is 12.1. The van der Waals surface area contributed by atoms with Gasteiger partial charge in [0.15, 0.2) is 0 Å². The summed E-state index contributed by atoms with van der Waals surface area (Å²) in [6.07, 6.45) is 4.00. The standard InChI is InChI=1S/C21H25ClO2Si/c1-2-13-25-14-11-17(12-15-25)16-3-5-18(6-4-16)21(23)24-20-9-7-19(22)8-10-20/h3-10,17,25H,2,11-15H2,1H3. The van der Waals surface area contributed by atoms with Crippen molar-refractivity contribution in [3.05, 3.63) is 64.7 Å². The molecule has 2 aromatic carbocycles. The molecule has 0 N–H and O–H groups in total. The van der Waals surface area contributed by atoms with E-state index in [1.165, 1.54) is 43.0 Å². The number of carbonyl (C=O) groups is 1. The summed E-state index contributed by atoms with van der Waals surface area (Å²) in [5.41, 5.74) is 1.96. The summed E-state index contributed by atoms with van der Waals surface area (Å²) in [7, 11) is -0.442. The summed E-state index contributed by atoms with van der Waals surface area (Å²) in [5, 5.41) is 0.626. The molecule has 0 bridgehead atoms. The lowest BCUT2D eigenvalue weighted by molar-refractivity contribution is 0.0734. The molecule has 1 aliphatic heterocycles. The lowest BCUT2D eigenvalue weighted by atomic mass is 9.93. The van der Waals surface area contributed by atoms with Crippen LogP contribution in [0.25, 0.3) is 0 Å². The second kappa shape index (κ2) is 8.68. The van der Waals surface area contributed by atoms with Crippen LogP contribution in [-0.4, -0.2) is 14.8 Å². The van der Waals surface area contributed by atoms with Gasteiger partial charge in [-0.2, -0.15) is 0 Å². The summed E-state index contributed by atoms with van der Waals surface area (Å²) < 4.78 is 5.39. The molecule has 1 fully saturated rings. The molecule has 0 radical (unpaired) electrons. The Bertz CT molecular complexity index is 689. The highest BCUT2D eigenvalue weighted by Crippen LogP contribution is 2.35. The Morgan fingerprint density at radius 3 is 2.32 bits per heavy atom. The molecule has 0 unspecified atom stereocenters. The molecule has 1 saturated heterocycles. The second-order valence-electron chi connectivity index (χ2n) is 6.97. The smallest absolute Gasteiger partial charge is 0.343 e. The maximum atomic E-state index is 12.3. The van der Waals surface area contributed by atoms with Gasteiger partial charge in [-0.05, 0) is 60.7 Å². The third-order valence-corrected chi connectivity index (χ3v) is 9.13. The highest BCUT2D eigenvalue weighted by atomic mass is 35.5. The van der Waals surface area contributed by atoms with Crippen molar-refractivity contribution in [1.29, 1.82) is 0 Å². The van der Waals surface area contributed by atoms with Crippen LogP contribution in [0.3, 0.4) is 0 Å². The average Bonchev–Trinajstić information content (AvgIpc) is 2.65. The van der Waals surface area contributed by atoms with E-state index in [0.29, 0.717) is 22.3 Å². The highest BCUT2D eigenvalue weighted by Gasteiger charge is 2.22. The Labute approximate surface area is 156 Å². The van der Waals surface area contributed by atoms with Crippen molar-refractivity contribution >= 4 is 26.4 Å². The van der Waals surface area contributed by atoms with E-state index in [0.717, 1.165) is 0 Å². The zero-order valence-electron chi connectivity index (χ0n) is 14.7. The first kappa shape index (κ1) is 18.2. The third kappa shape index (κ3) is 4.96. The molecule has 0 saturated carbocycles. The quantitative estimate of drug-likeness (QED) is 0.361. The predicted octanol–water partition coefficient (Wildman–Crippen LogP) is 6.07. The molecule has 0 spiro atoms. The Hall–Kier alpha value is -1.58. The Balaban J connectivity index is 1.58. The van der Waals surface area contributed by atoms with E-state index in [-0.39, 0.29) is 5.97 Å². The van der Waals surface area contributed by atoms with Crippen molar-refractivity contribution < 1.29 is 9.53 Å². The number of ether oxygens (including phenoxy) is 1. The Kier molecular flexibility index (Phi) is 6.32. The molecule has 0 atom stereocenters. The van der Waals surface area contributed by atoms with E-state index in [1.54, 1.807) is 24.3 Å². The molecule has 0 aliphatic carbocycles. The SMILES string of the molecule is CCC[SiH]1CCC(c2ccc(C(=O)Oc3ccc(Cl)cc3)cc2)CC1. The van der Waals surface area contributed by atoms with E-state index >= 15 is 0 Å². The summed E-state index contributed by atoms with van der Waals surface area (Å²) >= 11 is 5.84. The minimum atomic E-state index is -0.442. The minimum absolute atomic E-state index is 0.326. The first-order valence-electron chi connectivity index (χ1n) is 9.23. The van der Waals surface area contributed by atoms with E-state index in [9.17, 15) is 4.79 Å². The molecule has 1 aliphatic rings. The van der Waals surface area contributed by atoms with Gasteiger partial charge in [-0.1, -0.05) is 55.2 Å². The van der Waals surface area contributed by atoms with Gasteiger partial charge in [0.25, 0.3) is 0 Å². The van der Waals surface area contributed by atoms with E-state index in [1.807, 2.05) is 12.1 Å². The molecule has 1 heterocycles. The lowest BCUT2D eigenvalue weighted by Crippen LogP contribution is -2.20. The second-order valence-corrected chi connectivity index (χ2v) is 10.9. The van der Waals surface area contributed by atoms with Crippen molar-refractivity contribution in [3.8, 4) is 5.75 Å². The topological polar surface area (TPSA) is 26.3 Å². The van der Waals surface area contributed by atoms with Crippen molar-refractivity contribution in [2.45, 2.75) is 50.2 Å². The number of hydrogen-bond acceptors (Lipinski definition) is 2. The van der Waals surface area contributed by atoms with Gasteiger partial charge in [0, 0.05) is 13.8 Å². The molecule has 2 nitrogen and oxygen atoms in total. The van der Waals surface area contributed by atoms with Crippen LogP contribution in [0.2, 0.25) is 23.2 Å². The fourth-order valence-electron chi connectivity index (χ4n) is 3.75. The summed E-state index contributed by atoms with van der Waals surface area (Å²) in [6.45, 7) is 2.31. The predicted molar refractivity (Wildman–Crippen MR) is 107 cm³/mol. The van der Waals surface area contributed by atoms with Gasteiger partial charge in [-0.3, -0.25) is 0 Å². The number of rotatable bonds is 5. The van der Waals surface area contributed by atoms with Crippen molar-refractivity contribution in [1.82, 2.24) is 0 Å². The number of halogens is 1. The third-order valence-electron chi connectivity index (χ3n) is 5.19. The van der Waals surface area contributed by atoms with E-state index in [2.05, 4.69) is 19.1 Å². The highest BCUT2D eigenvalue weighted by molar-refractivity contribution is 6.59. The zero-order valence-corrected chi connectivity index (χ0v) is 16.6. The van der Waals surface area contributed by atoms with Gasteiger partial charge in [0.05, 0.1) is 5.56 Å². The maximum absolute atomic E-state index is 12.3. The Morgan fingerprint density at radius 1 is 1.08 bits per heavy atom.